The van der Waals surface area contributed by atoms with Crippen molar-refractivity contribution in [1.29, 1.82) is 0 Å². The topological polar surface area (TPSA) is 58.4 Å². The Hall–Kier alpha value is -1.40. The Bertz CT molecular complexity index is 516. The first kappa shape index (κ1) is 12.1. The van der Waals surface area contributed by atoms with Crippen molar-refractivity contribution in [1.82, 2.24) is 20.0 Å². The summed E-state index contributed by atoms with van der Waals surface area (Å²) in [6, 6.07) is 0. The number of aryl methyl sites for hydroxylation is 1. The number of fused-ring (bicyclic) bond motifs is 1. The number of nitrogens with zero attached hydrogens (tertiary/aromatic N) is 2. The predicted molar refractivity (Wildman–Crippen MR) is 68.2 cm³/mol. The van der Waals surface area contributed by atoms with E-state index in [0.29, 0.717) is 13.0 Å². The highest BCUT2D eigenvalue weighted by molar-refractivity contribution is 7.15. The number of aromatic nitrogens is 2. The molecule has 2 heterocycles. The molecule has 2 aromatic heterocycles. The second-order valence-corrected chi connectivity index (χ2v) is 4.67. The number of carbonyl (C=O) groups is 1. The number of nitrogens with one attached hydrogen (secondary N) is 2. The minimum Gasteiger partial charge on any atom is -0.359 e. The van der Waals surface area contributed by atoms with Crippen LogP contribution in [-0.4, -0.2) is 28.9 Å². The van der Waals surface area contributed by atoms with Crippen LogP contribution in [0, 0.1) is 6.92 Å². The zero-order valence-electron chi connectivity index (χ0n) is 9.99. The molecule has 0 fully saturated rings. The van der Waals surface area contributed by atoms with Gasteiger partial charge in [0.2, 0.25) is 5.91 Å². The largest absolute Gasteiger partial charge is 0.359 e. The van der Waals surface area contributed by atoms with Gasteiger partial charge in [-0.1, -0.05) is 0 Å². The first-order valence-electron chi connectivity index (χ1n) is 5.54. The third kappa shape index (κ3) is 2.65. The van der Waals surface area contributed by atoms with Crippen molar-refractivity contribution < 1.29 is 4.79 Å². The zero-order valence-corrected chi connectivity index (χ0v) is 10.8. The van der Waals surface area contributed by atoms with Gasteiger partial charge in [0, 0.05) is 38.1 Å². The Morgan fingerprint density at radius 3 is 3.18 bits per heavy atom. The van der Waals surface area contributed by atoms with E-state index < -0.39 is 0 Å². The van der Waals surface area contributed by atoms with Crippen molar-refractivity contribution in [2.24, 2.45) is 0 Å². The number of thiazole rings is 1. The molecule has 2 aromatic rings. The lowest BCUT2D eigenvalue weighted by Gasteiger charge is -2.04. The first-order chi connectivity index (χ1) is 8.22. The molecular formula is C11H16N4OS. The molecule has 0 atom stereocenters. The Morgan fingerprint density at radius 1 is 1.59 bits per heavy atom. The molecule has 0 saturated carbocycles. The fourth-order valence-corrected chi connectivity index (χ4v) is 2.47. The molecule has 92 valence electrons. The van der Waals surface area contributed by atoms with Crippen LogP contribution in [0.2, 0.25) is 0 Å². The van der Waals surface area contributed by atoms with Gasteiger partial charge in [0.25, 0.3) is 0 Å². The maximum absolute atomic E-state index is 11.0. The smallest absolute Gasteiger partial charge is 0.221 e. The summed E-state index contributed by atoms with van der Waals surface area (Å²) in [6.45, 7) is 3.42. The fourth-order valence-electron chi connectivity index (χ4n) is 1.69. The van der Waals surface area contributed by atoms with Crippen LogP contribution in [0.25, 0.3) is 4.96 Å². The van der Waals surface area contributed by atoms with Crippen molar-refractivity contribution in [3.05, 3.63) is 23.0 Å². The molecule has 0 spiro atoms. The molecule has 0 radical (unpaired) electrons. The van der Waals surface area contributed by atoms with E-state index in [0.717, 1.165) is 22.9 Å². The van der Waals surface area contributed by atoms with Crippen LogP contribution in [0.1, 0.15) is 17.8 Å². The van der Waals surface area contributed by atoms with Crippen molar-refractivity contribution >= 4 is 22.2 Å². The Labute approximate surface area is 104 Å². The van der Waals surface area contributed by atoms with E-state index in [4.69, 9.17) is 0 Å². The fraction of sp³-hybridized carbons (Fsp3) is 0.455. The zero-order chi connectivity index (χ0) is 12.3. The molecule has 0 aliphatic rings. The van der Waals surface area contributed by atoms with Crippen LogP contribution in [0.4, 0.5) is 0 Å². The second kappa shape index (κ2) is 5.29. The highest BCUT2D eigenvalue weighted by atomic mass is 32.1. The number of amides is 1. The monoisotopic (exact) mass is 252 g/mol. The molecule has 0 aliphatic carbocycles. The van der Waals surface area contributed by atoms with E-state index in [9.17, 15) is 4.79 Å². The lowest BCUT2D eigenvalue weighted by atomic mass is 10.3. The number of hydrogen-bond donors (Lipinski definition) is 2. The molecule has 5 nitrogen and oxygen atoms in total. The number of carbonyl (C=O) groups excluding carboxylic acids is 1. The third-order valence-electron chi connectivity index (χ3n) is 2.66. The summed E-state index contributed by atoms with van der Waals surface area (Å²) < 4.78 is 2.09. The summed E-state index contributed by atoms with van der Waals surface area (Å²) in [6.07, 6.45) is 2.52. The van der Waals surface area contributed by atoms with Gasteiger partial charge in [-0.05, 0) is 6.92 Å². The van der Waals surface area contributed by atoms with Crippen LogP contribution in [0.3, 0.4) is 0 Å². The molecule has 0 saturated heterocycles. The number of imidazole rings is 1. The van der Waals surface area contributed by atoms with Crippen LogP contribution in [0.5, 0.6) is 0 Å². The van der Waals surface area contributed by atoms with Crippen LogP contribution >= 0.6 is 11.3 Å². The quantitative estimate of drug-likeness (QED) is 0.778. The summed E-state index contributed by atoms with van der Waals surface area (Å²) >= 11 is 1.63. The van der Waals surface area contributed by atoms with E-state index in [1.165, 1.54) is 0 Å². The molecule has 0 unspecified atom stereocenters. The van der Waals surface area contributed by atoms with Crippen molar-refractivity contribution in [2.75, 3.05) is 13.6 Å². The average molecular weight is 252 g/mol. The second-order valence-electron chi connectivity index (χ2n) is 3.80. The van der Waals surface area contributed by atoms with Gasteiger partial charge in [0.15, 0.2) is 4.96 Å². The van der Waals surface area contributed by atoms with Crippen LogP contribution in [0.15, 0.2) is 11.6 Å². The molecule has 6 heteroatoms. The molecular weight excluding hydrogens is 236 g/mol. The minimum absolute atomic E-state index is 0.0585. The highest BCUT2D eigenvalue weighted by Gasteiger charge is 2.08. The first-order valence-corrected chi connectivity index (χ1v) is 6.42. The maximum atomic E-state index is 11.0. The van der Waals surface area contributed by atoms with Gasteiger partial charge >= 0.3 is 0 Å². The Kier molecular flexibility index (Phi) is 3.75. The van der Waals surface area contributed by atoms with Gasteiger partial charge in [0.05, 0.1) is 11.4 Å². The van der Waals surface area contributed by atoms with Crippen LogP contribution in [-0.2, 0) is 11.3 Å². The lowest BCUT2D eigenvalue weighted by Crippen LogP contribution is -2.24. The minimum atomic E-state index is 0.0585. The summed E-state index contributed by atoms with van der Waals surface area (Å²) in [5.74, 6) is 0.0585. The van der Waals surface area contributed by atoms with Crippen molar-refractivity contribution in [2.45, 2.75) is 19.9 Å². The summed E-state index contributed by atoms with van der Waals surface area (Å²) in [4.78, 5) is 16.5. The normalized spacial score (nSPS) is 10.9. The Balaban J connectivity index is 1.92. The number of hydrogen-bond acceptors (Lipinski definition) is 4. The van der Waals surface area contributed by atoms with Gasteiger partial charge in [-0.15, -0.1) is 11.3 Å². The molecule has 0 bridgehead atoms. The van der Waals surface area contributed by atoms with E-state index in [-0.39, 0.29) is 5.91 Å². The summed E-state index contributed by atoms with van der Waals surface area (Å²) in [7, 11) is 1.65. The maximum Gasteiger partial charge on any atom is 0.221 e. The SMILES string of the molecule is CNC(=O)CCNCc1c(C)nc2sccn12. The standard InChI is InChI=1S/C11H16N4OS/c1-8-9(7-13-4-3-10(16)12-2)15-5-6-17-11(15)14-8/h5-6,13H,3-4,7H2,1-2H3,(H,12,16). The van der Waals surface area contributed by atoms with Crippen molar-refractivity contribution in [3.63, 3.8) is 0 Å². The molecule has 2 rings (SSSR count). The molecule has 0 aliphatic heterocycles. The summed E-state index contributed by atoms with van der Waals surface area (Å²) in [5, 5.41) is 7.88. The van der Waals surface area contributed by atoms with Gasteiger partial charge in [0.1, 0.15) is 0 Å². The van der Waals surface area contributed by atoms with Crippen molar-refractivity contribution in [3.8, 4) is 0 Å². The van der Waals surface area contributed by atoms with Crippen LogP contribution < -0.4 is 10.6 Å². The van der Waals surface area contributed by atoms with E-state index in [2.05, 4.69) is 20.0 Å². The van der Waals surface area contributed by atoms with E-state index >= 15 is 0 Å². The summed E-state index contributed by atoms with van der Waals surface area (Å²) in [5.41, 5.74) is 2.21. The van der Waals surface area contributed by atoms with Gasteiger partial charge < -0.3 is 10.6 Å². The van der Waals surface area contributed by atoms with Gasteiger partial charge in [-0.2, -0.15) is 0 Å². The lowest BCUT2D eigenvalue weighted by molar-refractivity contribution is -0.120. The van der Waals surface area contributed by atoms with E-state index in [1.54, 1.807) is 18.4 Å². The van der Waals surface area contributed by atoms with Gasteiger partial charge in [-0.3, -0.25) is 9.20 Å². The average Bonchev–Trinajstić information content (AvgIpc) is 2.86. The highest BCUT2D eigenvalue weighted by Crippen LogP contribution is 2.16. The molecule has 17 heavy (non-hydrogen) atoms. The molecule has 0 aromatic carbocycles. The predicted octanol–water partition coefficient (Wildman–Crippen LogP) is 0.930. The third-order valence-corrected chi connectivity index (χ3v) is 3.42. The van der Waals surface area contributed by atoms with Gasteiger partial charge in [-0.25, -0.2) is 4.98 Å². The number of rotatable bonds is 5. The molecule has 1 amide bonds. The molecule has 2 N–H and O–H groups in total. The Morgan fingerprint density at radius 2 is 2.41 bits per heavy atom. The van der Waals surface area contributed by atoms with E-state index in [1.807, 2.05) is 18.5 Å².